The number of methoxy groups -OCH3 is 1. The molecule has 0 saturated carbocycles. The number of hydrogen-bond donors (Lipinski definition) is 0. The van der Waals surface area contributed by atoms with Gasteiger partial charge in [-0.3, -0.25) is 4.79 Å². The Morgan fingerprint density at radius 2 is 2.00 bits per heavy atom. The number of ether oxygens (including phenoxy) is 1. The van der Waals surface area contributed by atoms with Crippen LogP contribution in [0.3, 0.4) is 0 Å². The SMILES string of the molecule is COC(=O)C(Cl)c1ccc(Cl)c(Cl)c1. The van der Waals surface area contributed by atoms with Crippen LogP contribution < -0.4 is 0 Å². The standard InChI is InChI=1S/C9H7Cl3O2/c1-14-9(13)8(12)5-2-3-6(10)7(11)4-5/h2-4,8H,1H3. The van der Waals surface area contributed by atoms with E-state index in [1.54, 1.807) is 18.2 Å². The summed E-state index contributed by atoms with van der Waals surface area (Å²) < 4.78 is 4.49. The fourth-order valence-corrected chi connectivity index (χ4v) is 1.44. The predicted molar refractivity (Wildman–Crippen MR) is 57.1 cm³/mol. The molecular weight excluding hydrogens is 246 g/mol. The minimum absolute atomic E-state index is 0.360. The van der Waals surface area contributed by atoms with Gasteiger partial charge in [0.1, 0.15) is 0 Å². The molecule has 0 amide bonds. The molecule has 1 unspecified atom stereocenters. The summed E-state index contributed by atoms with van der Waals surface area (Å²) in [4.78, 5) is 11.1. The lowest BCUT2D eigenvalue weighted by atomic mass is 10.1. The molecule has 0 fully saturated rings. The van der Waals surface area contributed by atoms with Gasteiger partial charge in [-0.05, 0) is 17.7 Å². The molecule has 0 bridgehead atoms. The molecule has 14 heavy (non-hydrogen) atoms. The van der Waals surface area contributed by atoms with Crippen LogP contribution in [0.25, 0.3) is 0 Å². The highest BCUT2D eigenvalue weighted by atomic mass is 35.5. The van der Waals surface area contributed by atoms with Crippen LogP contribution in [0.2, 0.25) is 10.0 Å². The number of benzene rings is 1. The first-order chi connectivity index (χ1) is 6.56. The molecule has 76 valence electrons. The molecule has 1 rings (SSSR count). The van der Waals surface area contributed by atoms with Crippen LogP contribution >= 0.6 is 34.8 Å². The average molecular weight is 254 g/mol. The number of halogens is 3. The molecule has 0 heterocycles. The molecule has 0 aliphatic carbocycles. The number of alkyl halides is 1. The van der Waals surface area contributed by atoms with Gasteiger partial charge in [0.25, 0.3) is 0 Å². The minimum atomic E-state index is -0.852. The van der Waals surface area contributed by atoms with E-state index in [0.717, 1.165) is 0 Å². The first-order valence-corrected chi connectivity index (χ1v) is 4.92. The molecule has 0 aliphatic heterocycles. The molecule has 5 heteroatoms. The molecule has 1 atom stereocenters. The van der Waals surface area contributed by atoms with E-state index in [4.69, 9.17) is 34.8 Å². The van der Waals surface area contributed by atoms with Crippen molar-refractivity contribution in [3.63, 3.8) is 0 Å². The number of esters is 1. The maximum Gasteiger partial charge on any atom is 0.328 e. The van der Waals surface area contributed by atoms with Crippen molar-refractivity contribution in [1.82, 2.24) is 0 Å². The van der Waals surface area contributed by atoms with Crippen LogP contribution in [0.1, 0.15) is 10.9 Å². The molecule has 1 aromatic rings. The highest BCUT2D eigenvalue weighted by Gasteiger charge is 2.18. The summed E-state index contributed by atoms with van der Waals surface area (Å²) >= 11 is 17.3. The van der Waals surface area contributed by atoms with Gasteiger partial charge in [-0.2, -0.15) is 0 Å². The molecule has 0 saturated heterocycles. The molecule has 0 spiro atoms. The van der Waals surface area contributed by atoms with Crippen molar-refractivity contribution in [1.29, 1.82) is 0 Å². The minimum Gasteiger partial charge on any atom is -0.468 e. The number of carbonyl (C=O) groups is 1. The van der Waals surface area contributed by atoms with E-state index in [2.05, 4.69) is 4.74 Å². The summed E-state index contributed by atoms with van der Waals surface area (Å²) in [6, 6.07) is 4.75. The molecule has 0 radical (unpaired) electrons. The van der Waals surface area contributed by atoms with Crippen molar-refractivity contribution in [2.24, 2.45) is 0 Å². The third-order valence-electron chi connectivity index (χ3n) is 1.64. The lowest BCUT2D eigenvalue weighted by Crippen LogP contribution is -2.08. The van der Waals surface area contributed by atoms with Crippen molar-refractivity contribution >= 4 is 40.8 Å². The Labute approximate surface area is 96.7 Å². The third kappa shape index (κ3) is 2.53. The number of rotatable bonds is 2. The molecule has 1 aromatic carbocycles. The zero-order valence-electron chi connectivity index (χ0n) is 7.26. The first kappa shape index (κ1) is 11.6. The molecular formula is C9H7Cl3O2. The Bertz CT molecular complexity index is 352. The quantitative estimate of drug-likeness (QED) is 0.596. The summed E-state index contributed by atoms with van der Waals surface area (Å²) in [6.07, 6.45) is 0. The molecule has 0 aromatic heterocycles. The van der Waals surface area contributed by atoms with Gasteiger partial charge in [-0.25, -0.2) is 0 Å². The average Bonchev–Trinajstić information content (AvgIpc) is 2.20. The lowest BCUT2D eigenvalue weighted by molar-refractivity contribution is -0.140. The van der Waals surface area contributed by atoms with Gasteiger partial charge in [0.2, 0.25) is 0 Å². The summed E-state index contributed by atoms with van der Waals surface area (Å²) in [5, 5.41) is -0.0716. The summed E-state index contributed by atoms with van der Waals surface area (Å²) in [6.45, 7) is 0. The van der Waals surface area contributed by atoms with Crippen LogP contribution in [-0.4, -0.2) is 13.1 Å². The van der Waals surface area contributed by atoms with Gasteiger partial charge in [0.15, 0.2) is 5.38 Å². The van der Waals surface area contributed by atoms with Crippen molar-refractivity contribution in [3.8, 4) is 0 Å². The third-order valence-corrected chi connectivity index (χ3v) is 2.81. The Morgan fingerprint density at radius 1 is 1.36 bits per heavy atom. The van der Waals surface area contributed by atoms with E-state index >= 15 is 0 Å². The summed E-state index contributed by atoms with van der Waals surface area (Å²) in [7, 11) is 1.27. The van der Waals surface area contributed by atoms with E-state index in [-0.39, 0.29) is 0 Å². The van der Waals surface area contributed by atoms with Crippen LogP contribution in [-0.2, 0) is 9.53 Å². The highest BCUT2D eigenvalue weighted by Crippen LogP contribution is 2.28. The number of carbonyl (C=O) groups excluding carboxylic acids is 1. The fourth-order valence-electron chi connectivity index (χ4n) is 0.910. The molecule has 0 N–H and O–H groups in total. The second kappa shape index (κ2) is 4.87. The zero-order valence-corrected chi connectivity index (χ0v) is 9.53. The zero-order chi connectivity index (χ0) is 10.7. The molecule has 0 aliphatic rings. The van der Waals surface area contributed by atoms with E-state index in [1.165, 1.54) is 7.11 Å². The highest BCUT2D eigenvalue weighted by molar-refractivity contribution is 6.42. The normalized spacial score (nSPS) is 12.3. The topological polar surface area (TPSA) is 26.3 Å². The largest absolute Gasteiger partial charge is 0.468 e. The summed E-state index contributed by atoms with van der Waals surface area (Å²) in [5.41, 5.74) is 0.563. The number of hydrogen-bond acceptors (Lipinski definition) is 2. The second-order valence-corrected chi connectivity index (χ2v) is 3.81. The van der Waals surface area contributed by atoms with E-state index in [1.807, 2.05) is 0 Å². The second-order valence-electron chi connectivity index (χ2n) is 2.56. The van der Waals surface area contributed by atoms with Gasteiger partial charge in [0.05, 0.1) is 17.2 Å². The van der Waals surface area contributed by atoms with Crippen molar-refractivity contribution in [3.05, 3.63) is 33.8 Å². The fraction of sp³-hybridized carbons (Fsp3) is 0.222. The summed E-state index contributed by atoms with van der Waals surface area (Å²) in [5.74, 6) is -0.523. The smallest absolute Gasteiger partial charge is 0.328 e. The van der Waals surface area contributed by atoms with Gasteiger partial charge < -0.3 is 4.74 Å². The van der Waals surface area contributed by atoms with Gasteiger partial charge in [0, 0.05) is 0 Å². The van der Waals surface area contributed by atoms with Crippen LogP contribution in [0, 0.1) is 0 Å². The first-order valence-electron chi connectivity index (χ1n) is 3.73. The van der Waals surface area contributed by atoms with E-state index in [0.29, 0.717) is 15.6 Å². The van der Waals surface area contributed by atoms with E-state index in [9.17, 15) is 4.79 Å². The predicted octanol–water partition coefficient (Wildman–Crippen LogP) is 3.45. The maximum atomic E-state index is 11.1. The maximum absolute atomic E-state index is 11.1. The Kier molecular flexibility index (Phi) is 4.05. The van der Waals surface area contributed by atoms with Crippen LogP contribution in [0.4, 0.5) is 0 Å². The van der Waals surface area contributed by atoms with Gasteiger partial charge in [-0.15, -0.1) is 11.6 Å². The monoisotopic (exact) mass is 252 g/mol. The van der Waals surface area contributed by atoms with Crippen LogP contribution in [0.5, 0.6) is 0 Å². The van der Waals surface area contributed by atoms with Crippen molar-refractivity contribution in [2.45, 2.75) is 5.38 Å². The molecule has 2 nitrogen and oxygen atoms in total. The van der Waals surface area contributed by atoms with Gasteiger partial charge >= 0.3 is 5.97 Å². The van der Waals surface area contributed by atoms with Gasteiger partial charge in [-0.1, -0.05) is 29.3 Å². The van der Waals surface area contributed by atoms with Crippen LogP contribution in [0.15, 0.2) is 18.2 Å². The van der Waals surface area contributed by atoms with Crippen molar-refractivity contribution in [2.75, 3.05) is 7.11 Å². The Balaban J connectivity index is 2.96. The Morgan fingerprint density at radius 3 is 2.50 bits per heavy atom. The van der Waals surface area contributed by atoms with Crippen molar-refractivity contribution < 1.29 is 9.53 Å². The lowest BCUT2D eigenvalue weighted by Gasteiger charge is -2.07. The van der Waals surface area contributed by atoms with E-state index < -0.39 is 11.3 Å². The Hall–Kier alpha value is -0.440.